The molecule has 3 aromatic rings. The number of hydrogen-bond acceptors (Lipinski definition) is 10. The van der Waals surface area contributed by atoms with Gasteiger partial charge in [-0.2, -0.15) is 9.97 Å². The molecule has 0 bridgehead atoms. The summed E-state index contributed by atoms with van der Waals surface area (Å²) in [6, 6.07) is 0.0151. The molecule has 0 N–H and O–H groups in total. The van der Waals surface area contributed by atoms with Crippen LogP contribution in [-0.2, 0) is 15.8 Å². The normalized spacial score (nSPS) is 18.4. The third kappa shape index (κ3) is 3.84. The van der Waals surface area contributed by atoms with Crippen molar-refractivity contribution in [3.05, 3.63) is 36.2 Å². The molecule has 1 aliphatic heterocycles. The van der Waals surface area contributed by atoms with Crippen LogP contribution in [0.2, 0.25) is 0 Å². The number of methoxy groups -OCH3 is 1. The Hall–Kier alpha value is -2.72. The molecule has 1 fully saturated rings. The lowest BCUT2D eigenvalue weighted by molar-refractivity contribution is -0.0891. The van der Waals surface area contributed by atoms with Gasteiger partial charge in [0.15, 0.2) is 5.82 Å². The molecule has 10 nitrogen and oxygen atoms in total. The van der Waals surface area contributed by atoms with Gasteiger partial charge in [-0.3, -0.25) is 9.88 Å². The Morgan fingerprint density at radius 2 is 1.87 bits per heavy atom. The van der Waals surface area contributed by atoms with Crippen molar-refractivity contribution in [2.75, 3.05) is 20.2 Å². The second-order valence-electron chi connectivity index (χ2n) is 8.63. The Morgan fingerprint density at radius 3 is 2.47 bits per heavy atom. The van der Waals surface area contributed by atoms with Gasteiger partial charge in [0.1, 0.15) is 11.3 Å². The maximum atomic E-state index is 5.89. The molecule has 4 heterocycles. The van der Waals surface area contributed by atoms with Gasteiger partial charge < -0.3 is 13.8 Å². The molecule has 0 amide bonds. The summed E-state index contributed by atoms with van der Waals surface area (Å²) in [7, 11) is 1.68. The Labute approximate surface area is 175 Å². The van der Waals surface area contributed by atoms with Gasteiger partial charge in [0, 0.05) is 38.0 Å². The second-order valence-corrected chi connectivity index (χ2v) is 8.63. The standard InChI is InChI=1S/C20H27N7O3/c1-13(16-24-17(26-29-16)19(2,3)4)27-10-6-20(28-5,7-11-27)18-23-15(25-30-18)14-12-21-8-9-22-14/h8-9,12-13H,6-7,10-11H2,1-5H3/t13-/m1/s1. The van der Waals surface area contributed by atoms with Crippen molar-refractivity contribution < 1.29 is 13.8 Å². The maximum Gasteiger partial charge on any atom is 0.259 e. The Kier molecular flexibility index (Phi) is 5.37. The number of nitrogens with zero attached hydrogens (tertiary/aromatic N) is 7. The fraction of sp³-hybridized carbons (Fsp3) is 0.600. The first kappa shape index (κ1) is 20.5. The third-order valence-corrected chi connectivity index (χ3v) is 5.62. The molecule has 10 heteroatoms. The summed E-state index contributed by atoms with van der Waals surface area (Å²) < 4.78 is 17.0. The average Bonchev–Trinajstić information content (AvgIpc) is 3.44. The van der Waals surface area contributed by atoms with Crippen LogP contribution in [0.15, 0.2) is 27.6 Å². The molecule has 1 aliphatic rings. The van der Waals surface area contributed by atoms with Crippen LogP contribution in [-0.4, -0.2) is 55.3 Å². The van der Waals surface area contributed by atoms with Gasteiger partial charge >= 0.3 is 0 Å². The van der Waals surface area contributed by atoms with Gasteiger partial charge in [0.2, 0.25) is 11.7 Å². The highest BCUT2D eigenvalue weighted by Crippen LogP contribution is 2.38. The molecule has 1 atom stereocenters. The van der Waals surface area contributed by atoms with Crippen LogP contribution in [0.3, 0.4) is 0 Å². The predicted molar refractivity (Wildman–Crippen MR) is 106 cm³/mol. The smallest absolute Gasteiger partial charge is 0.259 e. The molecule has 0 unspecified atom stereocenters. The minimum Gasteiger partial charge on any atom is -0.368 e. The van der Waals surface area contributed by atoms with Crippen molar-refractivity contribution in [3.8, 4) is 11.5 Å². The highest BCUT2D eigenvalue weighted by molar-refractivity contribution is 5.45. The van der Waals surface area contributed by atoms with Crippen LogP contribution in [0.1, 0.15) is 64.2 Å². The lowest BCUT2D eigenvalue weighted by atomic mass is 9.90. The Bertz CT molecular complexity index is 972. The highest BCUT2D eigenvalue weighted by Gasteiger charge is 2.43. The molecule has 0 aromatic carbocycles. The molecule has 1 saturated heterocycles. The first-order valence-electron chi connectivity index (χ1n) is 10.1. The topological polar surface area (TPSA) is 116 Å². The van der Waals surface area contributed by atoms with E-state index in [2.05, 4.69) is 62.8 Å². The van der Waals surface area contributed by atoms with E-state index in [0.717, 1.165) is 18.9 Å². The zero-order valence-electron chi connectivity index (χ0n) is 18.0. The fourth-order valence-corrected chi connectivity index (χ4v) is 3.57. The summed E-state index contributed by atoms with van der Waals surface area (Å²) in [5, 5.41) is 8.21. The Balaban J connectivity index is 1.47. The first-order valence-corrected chi connectivity index (χ1v) is 10.1. The zero-order valence-corrected chi connectivity index (χ0v) is 18.0. The predicted octanol–water partition coefficient (Wildman–Crippen LogP) is 2.91. The molecule has 0 saturated carbocycles. The average molecular weight is 413 g/mol. The van der Waals surface area contributed by atoms with Crippen LogP contribution in [0.4, 0.5) is 0 Å². The van der Waals surface area contributed by atoms with Crippen molar-refractivity contribution in [3.63, 3.8) is 0 Å². The van der Waals surface area contributed by atoms with Crippen molar-refractivity contribution in [2.45, 2.75) is 57.6 Å². The van der Waals surface area contributed by atoms with Crippen LogP contribution >= 0.6 is 0 Å². The second kappa shape index (κ2) is 7.84. The van der Waals surface area contributed by atoms with E-state index in [1.165, 1.54) is 0 Å². The van der Waals surface area contributed by atoms with E-state index in [0.29, 0.717) is 36.1 Å². The third-order valence-electron chi connectivity index (χ3n) is 5.62. The summed E-state index contributed by atoms with van der Waals surface area (Å²) in [4.78, 5) is 19.7. The van der Waals surface area contributed by atoms with Gasteiger partial charge in [-0.1, -0.05) is 31.1 Å². The van der Waals surface area contributed by atoms with Crippen LogP contribution in [0.25, 0.3) is 11.5 Å². The van der Waals surface area contributed by atoms with E-state index in [-0.39, 0.29) is 11.5 Å². The molecular formula is C20H27N7O3. The van der Waals surface area contributed by atoms with Crippen LogP contribution in [0, 0.1) is 0 Å². The largest absolute Gasteiger partial charge is 0.368 e. The monoisotopic (exact) mass is 413 g/mol. The quantitative estimate of drug-likeness (QED) is 0.618. The number of hydrogen-bond donors (Lipinski definition) is 0. The summed E-state index contributed by atoms with van der Waals surface area (Å²) >= 11 is 0. The van der Waals surface area contributed by atoms with Crippen LogP contribution < -0.4 is 0 Å². The number of likely N-dealkylation sites (tertiary alicyclic amines) is 1. The molecular weight excluding hydrogens is 386 g/mol. The van der Waals surface area contributed by atoms with E-state index < -0.39 is 5.60 Å². The first-order chi connectivity index (χ1) is 14.3. The van der Waals surface area contributed by atoms with Crippen LogP contribution in [0.5, 0.6) is 0 Å². The fourth-order valence-electron chi connectivity index (χ4n) is 3.57. The SMILES string of the molecule is COC1(c2nc(-c3cnccn3)no2)CCN([C@H](C)c2nc(C(C)(C)C)no2)CC1. The highest BCUT2D eigenvalue weighted by atomic mass is 16.5. The summed E-state index contributed by atoms with van der Waals surface area (Å²) in [5.74, 6) is 2.22. The van der Waals surface area contributed by atoms with Crippen molar-refractivity contribution in [2.24, 2.45) is 0 Å². The van der Waals surface area contributed by atoms with E-state index >= 15 is 0 Å². The van der Waals surface area contributed by atoms with Gasteiger partial charge in [-0.15, -0.1) is 0 Å². The maximum absolute atomic E-state index is 5.89. The number of ether oxygens (including phenoxy) is 1. The molecule has 3 aromatic heterocycles. The Morgan fingerprint density at radius 1 is 1.10 bits per heavy atom. The molecule has 4 rings (SSSR count). The molecule has 30 heavy (non-hydrogen) atoms. The van der Waals surface area contributed by atoms with Gasteiger partial charge in [0.25, 0.3) is 5.89 Å². The van der Waals surface area contributed by atoms with Gasteiger partial charge in [-0.25, -0.2) is 4.98 Å². The molecule has 0 spiro atoms. The van der Waals surface area contributed by atoms with Crippen molar-refractivity contribution in [1.82, 2.24) is 35.1 Å². The molecule has 160 valence electrons. The van der Waals surface area contributed by atoms with E-state index in [1.807, 2.05) is 0 Å². The summed E-state index contributed by atoms with van der Waals surface area (Å²) in [6.07, 6.45) is 6.22. The lowest BCUT2D eigenvalue weighted by Crippen LogP contribution is -2.44. The lowest BCUT2D eigenvalue weighted by Gasteiger charge is -2.39. The summed E-state index contributed by atoms with van der Waals surface area (Å²) in [5.41, 5.74) is -0.210. The number of piperidine rings is 1. The van der Waals surface area contributed by atoms with Gasteiger partial charge in [-0.05, 0) is 19.8 Å². The zero-order chi connectivity index (χ0) is 21.4. The van der Waals surface area contributed by atoms with E-state index in [1.54, 1.807) is 25.7 Å². The molecule has 0 aliphatic carbocycles. The number of aromatic nitrogens is 6. The minimum atomic E-state index is -0.630. The van der Waals surface area contributed by atoms with E-state index in [4.69, 9.17) is 13.8 Å². The van der Waals surface area contributed by atoms with Crippen molar-refractivity contribution >= 4 is 0 Å². The summed E-state index contributed by atoms with van der Waals surface area (Å²) in [6.45, 7) is 9.83. The van der Waals surface area contributed by atoms with Gasteiger partial charge in [0.05, 0.1) is 12.2 Å². The molecule has 0 radical (unpaired) electrons. The van der Waals surface area contributed by atoms with Crippen molar-refractivity contribution in [1.29, 1.82) is 0 Å². The van der Waals surface area contributed by atoms with E-state index in [9.17, 15) is 0 Å². The minimum absolute atomic E-state index is 0.0151. The number of rotatable bonds is 5.